The number of rotatable bonds is 3. The molecule has 0 aliphatic carbocycles. The minimum atomic E-state index is 0.201. The second-order valence-electron chi connectivity index (χ2n) is 3.13. The molecule has 0 amide bonds. The summed E-state index contributed by atoms with van der Waals surface area (Å²) in [6, 6.07) is 7.63. The number of ether oxygens (including phenoxy) is 1. The minimum Gasteiger partial charge on any atom is -0.496 e. The highest BCUT2D eigenvalue weighted by atomic mass is 35.5. The SMILES string of the molecule is COc1ccccc1Sc1nc(N)ncc1Cl. The van der Waals surface area contributed by atoms with Crippen molar-refractivity contribution >= 4 is 29.3 Å². The summed E-state index contributed by atoms with van der Waals surface area (Å²) in [4.78, 5) is 8.83. The highest BCUT2D eigenvalue weighted by Gasteiger charge is 2.09. The smallest absolute Gasteiger partial charge is 0.221 e. The van der Waals surface area contributed by atoms with E-state index in [0.29, 0.717) is 10.0 Å². The summed E-state index contributed by atoms with van der Waals surface area (Å²) in [7, 11) is 1.62. The summed E-state index contributed by atoms with van der Waals surface area (Å²) >= 11 is 7.39. The molecular formula is C11H10ClN3OS. The number of aromatic nitrogens is 2. The topological polar surface area (TPSA) is 61.0 Å². The number of para-hydroxylation sites is 1. The van der Waals surface area contributed by atoms with Crippen LogP contribution in [-0.2, 0) is 0 Å². The maximum Gasteiger partial charge on any atom is 0.221 e. The van der Waals surface area contributed by atoms with Crippen molar-refractivity contribution in [3.8, 4) is 5.75 Å². The summed E-state index contributed by atoms with van der Waals surface area (Å²) in [5.74, 6) is 0.970. The second-order valence-corrected chi connectivity index (χ2v) is 4.57. The van der Waals surface area contributed by atoms with Gasteiger partial charge in [0, 0.05) is 0 Å². The number of halogens is 1. The van der Waals surface area contributed by atoms with Crippen molar-refractivity contribution in [3.63, 3.8) is 0 Å². The zero-order valence-corrected chi connectivity index (χ0v) is 10.6. The van der Waals surface area contributed by atoms with Gasteiger partial charge in [0.25, 0.3) is 0 Å². The van der Waals surface area contributed by atoms with Crippen molar-refractivity contribution in [2.45, 2.75) is 9.92 Å². The number of anilines is 1. The highest BCUT2D eigenvalue weighted by Crippen LogP contribution is 2.36. The highest BCUT2D eigenvalue weighted by molar-refractivity contribution is 7.99. The fourth-order valence-corrected chi connectivity index (χ4v) is 2.35. The van der Waals surface area contributed by atoms with E-state index < -0.39 is 0 Å². The van der Waals surface area contributed by atoms with Gasteiger partial charge in [0.1, 0.15) is 10.8 Å². The maximum absolute atomic E-state index is 6.00. The molecule has 0 saturated carbocycles. The Kier molecular flexibility index (Phi) is 3.71. The van der Waals surface area contributed by atoms with Gasteiger partial charge < -0.3 is 10.5 Å². The fourth-order valence-electron chi connectivity index (χ4n) is 1.24. The lowest BCUT2D eigenvalue weighted by Crippen LogP contribution is -1.95. The Morgan fingerprint density at radius 3 is 2.88 bits per heavy atom. The number of nitrogen functional groups attached to an aromatic ring is 1. The van der Waals surface area contributed by atoms with Crippen LogP contribution in [0.25, 0.3) is 0 Å². The first kappa shape index (κ1) is 12.0. The van der Waals surface area contributed by atoms with E-state index in [1.165, 1.54) is 18.0 Å². The average molecular weight is 268 g/mol. The van der Waals surface area contributed by atoms with Crippen LogP contribution in [0, 0.1) is 0 Å². The minimum absolute atomic E-state index is 0.201. The maximum atomic E-state index is 6.00. The number of hydrogen-bond acceptors (Lipinski definition) is 5. The lowest BCUT2D eigenvalue weighted by atomic mass is 10.3. The van der Waals surface area contributed by atoms with Crippen molar-refractivity contribution in [2.75, 3.05) is 12.8 Å². The van der Waals surface area contributed by atoms with E-state index >= 15 is 0 Å². The molecule has 0 atom stereocenters. The van der Waals surface area contributed by atoms with Crippen LogP contribution in [-0.4, -0.2) is 17.1 Å². The van der Waals surface area contributed by atoms with Gasteiger partial charge in [-0.3, -0.25) is 0 Å². The summed E-state index contributed by atoms with van der Waals surface area (Å²) < 4.78 is 5.25. The molecule has 0 bridgehead atoms. The van der Waals surface area contributed by atoms with E-state index in [1.54, 1.807) is 7.11 Å². The van der Waals surface area contributed by atoms with Gasteiger partial charge in [-0.1, -0.05) is 35.5 Å². The normalized spacial score (nSPS) is 10.2. The third-order valence-electron chi connectivity index (χ3n) is 2.01. The van der Waals surface area contributed by atoms with Crippen LogP contribution in [0.4, 0.5) is 5.95 Å². The van der Waals surface area contributed by atoms with Crippen molar-refractivity contribution in [1.29, 1.82) is 0 Å². The molecule has 0 spiro atoms. The number of nitrogens with zero attached hydrogens (tertiary/aromatic N) is 2. The molecule has 0 aliphatic rings. The molecule has 0 aliphatic heterocycles. The molecule has 4 nitrogen and oxygen atoms in total. The first-order chi connectivity index (χ1) is 8.20. The molecule has 2 rings (SSSR count). The molecule has 2 N–H and O–H groups in total. The second kappa shape index (κ2) is 5.25. The summed E-state index contributed by atoms with van der Waals surface area (Å²) in [5, 5.41) is 1.08. The quantitative estimate of drug-likeness (QED) is 0.867. The van der Waals surface area contributed by atoms with E-state index in [-0.39, 0.29) is 5.95 Å². The largest absolute Gasteiger partial charge is 0.496 e. The van der Waals surface area contributed by atoms with Crippen LogP contribution in [0.5, 0.6) is 5.75 Å². The molecule has 2 aromatic rings. The molecule has 0 fully saturated rings. The molecule has 17 heavy (non-hydrogen) atoms. The van der Waals surface area contributed by atoms with Crippen LogP contribution >= 0.6 is 23.4 Å². The zero-order chi connectivity index (χ0) is 12.3. The molecule has 0 unspecified atom stereocenters. The lowest BCUT2D eigenvalue weighted by Gasteiger charge is -2.07. The van der Waals surface area contributed by atoms with Crippen molar-refractivity contribution < 1.29 is 4.74 Å². The van der Waals surface area contributed by atoms with Gasteiger partial charge in [0.15, 0.2) is 0 Å². The lowest BCUT2D eigenvalue weighted by molar-refractivity contribution is 0.405. The molecule has 0 saturated heterocycles. The van der Waals surface area contributed by atoms with Gasteiger partial charge in [0.05, 0.1) is 23.2 Å². The third-order valence-corrected chi connectivity index (χ3v) is 3.46. The molecule has 1 aromatic heterocycles. The average Bonchev–Trinajstić information content (AvgIpc) is 2.34. The number of methoxy groups -OCH3 is 1. The van der Waals surface area contributed by atoms with Crippen LogP contribution in [0.1, 0.15) is 0 Å². The molecule has 1 aromatic carbocycles. The van der Waals surface area contributed by atoms with Gasteiger partial charge in [-0.15, -0.1) is 0 Å². The van der Waals surface area contributed by atoms with Gasteiger partial charge in [-0.25, -0.2) is 9.97 Å². The van der Waals surface area contributed by atoms with Gasteiger partial charge in [-0.2, -0.15) is 0 Å². The summed E-state index contributed by atoms with van der Waals surface area (Å²) in [6.45, 7) is 0. The Morgan fingerprint density at radius 1 is 1.35 bits per heavy atom. The third kappa shape index (κ3) is 2.81. The molecular weight excluding hydrogens is 258 g/mol. The fraction of sp³-hybridized carbons (Fsp3) is 0.0909. The van der Waals surface area contributed by atoms with E-state index in [9.17, 15) is 0 Å². The number of benzene rings is 1. The van der Waals surface area contributed by atoms with E-state index in [1.807, 2.05) is 24.3 Å². The summed E-state index contributed by atoms with van der Waals surface area (Å²) in [5.41, 5.74) is 5.53. The van der Waals surface area contributed by atoms with Crippen molar-refractivity contribution in [3.05, 3.63) is 35.5 Å². The van der Waals surface area contributed by atoms with Crippen LogP contribution in [0.15, 0.2) is 40.4 Å². The standard InChI is InChI=1S/C11H10ClN3OS/c1-16-8-4-2-3-5-9(8)17-10-7(12)6-14-11(13)15-10/h2-6H,1H3,(H2,13,14,15). The van der Waals surface area contributed by atoms with Crippen LogP contribution in [0.2, 0.25) is 5.02 Å². The Labute approximate surface area is 108 Å². The van der Waals surface area contributed by atoms with Crippen molar-refractivity contribution in [2.24, 2.45) is 0 Å². The molecule has 0 radical (unpaired) electrons. The molecule has 1 heterocycles. The van der Waals surface area contributed by atoms with Gasteiger partial charge in [0.2, 0.25) is 5.95 Å². The van der Waals surface area contributed by atoms with Crippen LogP contribution in [0.3, 0.4) is 0 Å². The molecule has 88 valence electrons. The summed E-state index contributed by atoms with van der Waals surface area (Å²) in [6.07, 6.45) is 1.49. The van der Waals surface area contributed by atoms with E-state index in [0.717, 1.165) is 10.6 Å². The zero-order valence-electron chi connectivity index (χ0n) is 9.05. The Hall–Kier alpha value is -1.46. The monoisotopic (exact) mass is 267 g/mol. The predicted octanol–water partition coefficient (Wildman–Crippen LogP) is 2.87. The number of hydrogen-bond donors (Lipinski definition) is 1. The molecule has 6 heteroatoms. The van der Waals surface area contributed by atoms with E-state index in [2.05, 4.69) is 9.97 Å². The Bertz CT molecular complexity index is 536. The number of nitrogens with two attached hydrogens (primary N) is 1. The predicted molar refractivity (Wildman–Crippen MR) is 68.6 cm³/mol. The Morgan fingerprint density at radius 2 is 2.12 bits per heavy atom. The first-order valence-corrected chi connectivity index (χ1v) is 5.99. The van der Waals surface area contributed by atoms with Crippen LogP contribution < -0.4 is 10.5 Å². The Balaban J connectivity index is 2.34. The van der Waals surface area contributed by atoms with Gasteiger partial charge >= 0.3 is 0 Å². The van der Waals surface area contributed by atoms with E-state index in [4.69, 9.17) is 22.1 Å². The van der Waals surface area contributed by atoms with Crippen molar-refractivity contribution in [1.82, 2.24) is 9.97 Å². The first-order valence-electron chi connectivity index (χ1n) is 4.79. The van der Waals surface area contributed by atoms with Gasteiger partial charge in [-0.05, 0) is 12.1 Å².